The second kappa shape index (κ2) is 3.00. The molecule has 6 heteroatoms. The highest BCUT2D eigenvalue weighted by atomic mass is 16.6. The number of aliphatic hydroxyl groups excluding tert-OH is 4. The smallest absolute Gasteiger partial charge is 0.503 e. The van der Waals surface area contributed by atoms with Crippen molar-refractivity contribution >= 4 is 5.97 Å². The van der Waals surface area contributed by atoms with Crippen LogP contribution in [0.25, 0.3) is 0 Å². The van der Waals surface area contributed by atoms with E-state index < -0.39 is 36.3 Å². The van der Waals surface area contributed by atoms with Crippen molar-refractivity contribution in [2.75, 3.05) is 6.61 Å². The predicted octanol–water partition coefficient (Wildman–Crippen LogP) is -1.43. The topological polar surface area (TPSA) is 112 Å². The molecule has 2 atom stereocenters. The van der Waals surface area contributed by atoms with Crippen molar-refractivity contribution in [3.05, 3.63) is 11.5 Å². The van der Waals surface area contributed by atoms with E-state index in [0.717, 1.165) is 0 Å². The fourth-order valence-electron chi connectivity index (χ4n) is 0.833. The third-order valence-electron chi connectivity index (χ3n) is 1.49. The van der Waals surface area contributed by atoms with Gasteiger partial charge in [0.05, 0.1) is 6.61 Å². The largest absolute Gasteiger partial charge is 0.558 e. The van der Waals surface area contributed by atoms with Gasteiger partial charge in [0.15, 0.2) is 0 Å². The molecular formula is C6H9O6+. The Hall–Kier alpha value is -1.27. The van der Waals surface area contributed by atoms with Crippen LogP contribution in [0.2, 0.25) is 0 Å². The summed E-state index contributed by atoms with van der Waals surface area (Å²) in [6.45, 7) is -0.644. The lowest BCUT2D eigenvalue weighted by Crippen LogP contribution is -2.31. The van der Waals surface area contributed by atoms with Crippen LogP contribution in [0.15, 0.2) is 11.5 Å². The average molecular weight is 177 g/mol. The standard InChI is InChI=1S/C6H8O6/c7-1-2(8)5-3(9)4(10)6(11)12-5/h2,5,7-10H,1H2/p+1. The zero-order chi connectivity index (χ0) is 9.30. The second-order valence-corrected chi connectivity index (χ2v) is 2.33. The molecule has 2 unspecified atom stereocenters. The lowest BCUT2D eigenvalue weighted by atomic mass is 10.2. The molecule has 12 heavy (non-hydrogen) atoms. The first-order valence-electron chi connectivity index (χ1n) is 3.22. The summed E-state index contributed by atoms with van der Waals surface area (Å²) in [7, 11) is 0. The Labute approximate surface area is 67.3 Å². The number of hydrogen-bond acceptors (Lipinski definition) is 5. The minimum absolute atomic E-state index is 0.644. The number of aliphatic hydroxyl groups is 4. The van der Waals surface area contributed by atoms with Gasteiger partial charge in [-0.3, -0.25) is 0 Å². The lowest BCUT2D eigenvalue weighted by molar-refractivity contribution is -0.00243. The van der Waals surface area contributed by atoms with Gasteiger partial charge in [-0.25, -0.2) is 0 Å². The van der Waals surface area contributed by atoms with E-state index in [-0.39, 0.29) is 0 Å². The van der Waals surface area contributed by atoms with Crippen molar-refractivity contribution in [3.8, 4) is 0 Å². The van der Waals surface area contributed by atoms with Crippen LogP contribution in [0.5, 0.6) is 0 Å². The maximum atomic E-state index is 8.98. The molecule has 0 aromatic rings. The predicted molar refractivity (Wildman–Crippen MR) is 37.2 cm³/mol. The first kappa shape index (κ1) is 8.82. The first-order valence-corrected chi connectivity index (χ1v) is 3.22. The maximum Gasteiger partial charge on any atom is 0.558 e. The van der Waals surface area contributed by atoms with Gasteiger partial charge in [0.2, 0.25) is 5.76 Å². The zero-order valence-electron chi connectivity index (χ0n) is 6.01. The Kier molecular flexibility index (Phi) is 2.20. The number of ether oxygens (including phenoxy) is 1. The van der Waals surface area contributed by atoms with Crippen LogP contribution < -0.4 is 0 Å². The normalized spacial score (nSPS) is 25.8. The molecule has 1 aliphatic heterocycles. The Morgan fingerprint density at radius 1 is 1.50 bits per heavy atom. The van der Waals surface area contributed by atoms with Crippen molar-refractivity contribution in [1.82, 2.24) is 0 Å². The van der Waals surface area contributed by atoms with Crippen LogP contribution in [0, 0.1) is 0 Å². The molecule has 0 radical (unpaired) electrons. The molecule has 5 N–H and O–H groups in total. The first-order chi connectivity index (χ1) is 5.57. The number of cyclic esters (lactones) is 1. The van der Waals surface area contributed by atoms with E-state index in [1.165, 1.54) is 0 Å². The Morgan fingerprint density at radius 2 is 2.08 bits per heavy atom. The molecule has 68 valence electrons. The van der Waals surface area contributed by atoms with Crippen molar-refractivity contribution in [3.63, 3.8) is 0 Å². The maximum absolute atomic E-state index is 8.98. The fraction of sp³-hybridized carbons (Fsp3) is 0.500. The molecule has 1 aliphatic rings. The van der Waals surface area contributed by atoms with E-state index in [0.29, 0.717) is 0 Å². The van der Waals surface area contributed by atoms with Gasteiger partial charge in [0, 0.05) is 0 Å². The molecule has 1 rings (SSSR count). The number of hydrogen-bond donors (Lipinski definition) is 4. The average Bonchev–Trinajstić information content (AvgIpc) is 2.32. The van der Waals surface area contributed by atoms with Crippen molar-refractivity contribution in [2.24, 2.45) is 0 Å². The van der Waals surface area contributed by atoms with Crippen LogP contribution in [0.1, 0.15) is 0 Å². The van der Waals surface area contributed by atoms with Gasteiger partial charge in [0.25, 0.3) is 6.10 Å². The summed E-state index contributed by atoms with van der Waals surface area (Å²) in [4.78, 5) is 8.72. The molecule has 1 heterocycles. The van der Waals surface area contributed by atoms with E-state index in [1.54, 1.807) is 0 Å². The summed E-state index contributed by atoms with van der Waals surface area (Å²) < 4.78 is 4.43. The molecule has 0 spiro atoms. The van der Waals surface area contributed by atoms with Gasteiger partial charge < -0.3 is 30.0 Å². The fourth-order valence-corrected chi connectivity index (χ4v) is 0.833. The molecule has 0 saturated carbocycles. The lowest BCUT2D eigenvalue weighted by Gasteiger charge is -2.08. The van der Waals surface area contributed by atoms with E-state index in [2.05, 4.69) is 4.74 Å². The van der Waals surface area contributed by atoms with Gasteiger partial charge in [0.1, 0.15) is 6.10 Å². The number of rotatable bonds is 2. The molecule has 0 aromatic heterocycles. The van der Waals surface area contributed by atoms with Crippen LogP contribution in [0.4, 0.5) is 0 Å². The Morgan fingerprint density at radius 3 is 2.42 bits per heavy atom. The van der Waals surface area contributed by atoms with Gasteiger partial charge in [-0.15, -0.1) is 0 Å². The summed E-state index contributed by atoms with van der Waals surface area (Å²) in [5.74, 6) is -2.36. The van der Waals surface area contributed by atoms with E-state index in [9.17, 15) is 0 Å². The van der Waals surface area contributed by atoms with Crippen molar-refractivity contribution in [1.29, 1.82) is 0 Å². The molecule has 0 aromatic carbocycles. The number of esters is 1. The summed E-state index contributed by atoms with van der Waals surface area (Å²) in [6.07, 6.45) is -2.67. The van der Waals surface area contributed by atoms with Crippen molar-refractivity contribution < 1.29 is 30.0 Å². The van der Waals surface area contributed by atoms with E-state index >= 15 is 0 Å². The van der Waals surface area contributed by atoms with Gasteiger partial charge in [-0.05, 0) is 0 Å². The molecule has 0 saturated heterocycles. The minimum atomic E-state index is -1.38. The summed E-state index contributed by atoms with van der Waals surface area (Å²) in [6, 6.07) is 0. The number of carbonyl (C=O) groups excluding carboxylic acids is 1. The summed E-state index contributed by atoms with van der Waals surface area (Å²) >= 11 is 0. The van der Waals surface area contributed by atoms with Crippen LogP contribution in [-0.2, 0) is 4.74 Å². The molecule has 0 fully saturated rings. The van der Waals surface area contributed by atoms with Gasteiger partial charge in [-0.2, -0.15) is 0 Å². The summed E-state index contributed by atoms with van der Waals surface area (Å²) in [5.41, 5.74) is 0. The monoisotopic (exact) mass is 177 g/mol. The van der Waals surface area contributed by atoms with Crippen LogP contribution >= 0.6 is 0 Å². The van der Waals surface area contributed by atoms with Crippen LogP contribution in [-0.4, -0.2) is 50.0 Å². The third-order valence-corrected chi connectivity index (χ3v) is 1.49. The van der Waals surface area contributed by atoms with Gasteiger partial charge in [-0.1, -0.05) is 0 Å². The zero-order valence-corrected chi connectivity index (χ0v) is 6.01. The third kappa shape index (κ3) is 1.21. The molecule has 6 nitrogen and oxygen atoms in total. The highest BCUT2D eigenvalue weighted by Crippen LogP contribution is 2.20. The quantitative estimate of drug-likeness (QED) is 0.305. The second-order valence-electron chi connectivity index (χ2n) is 2.33. The Bertz CT molecular complexity index is 232. The van der Waals surface area contributed by atoms with Gasteiger partial charge >= 0.3 is 11.7 Å². The van der Waals surface area contributed by atoms with E-state index in [4.69, 9.17) is 25.2 Å². The minimum Gasteiger partial charge on any atom is -0.503 e. The molecular weight excluding hydrogens is 168 g/mol. The molecule has 0 amide bonds. The highest BCUT2D eigenvalue weighted by molar-refractivity contribution is 5.90. The van der Waals surface area contributed by atoms with Crippen molar-refractivity contribution in [2.45, 2.75) is 12.2 Å². The van der Waals surface area contributed by atoms with Crippen LogP contribution in [0.3, 0.4) is 0 Å². The highest BCUT2D eigenvalue weighted by Gasteiger charge is 2.46. The summed E-state index contributed by atoms with van der Waals surface area (Å²) in [5, 5.41) is 35.2. The molecule has 0 bridgehead atoms. The molecule has 0 aliphatic carbocycles. The SMILES string of the molecule is OCC(O)C1OC(=[OH+])C(O)=C1O. The Balaban J connectivity index is 2.80. The van der Waals surface area contributed by atoms with E-state index in [1.807, 2.05) is 0 Å².